The van der Waals surface area contributed by atoms with E-state index in [0.717, 1.165) is 17.1 Å². The van der Waals surface area contributed by atoms with Crippen LogP contribution in [0.15, 0.2) is 67.0 Å². The molecule has 168 valence electrons. The van der Waals surface area contributed by atoms with Crippen LogP contribution in [0.25, 0.3) is 11.3 Å². The molecular weight excluding hydrogens is 422 g/mol. The molecule has 0 saturated carbocycles. The Hall–Kier alpha value is -4.27. The third kappa shape index (κ3) is 4.25. The highest BCUT2D eigenvalue weighted by Crippen LogP contribution is 2.31. The number of aryl methyl sites for hydroxylation is 1. The van der Waals surface area contributed by atoms with E-state index in [0.29, 0.717) is 36.0 Å². The van der Waals surface area contributed by atoms with Crippen molar-refractivity contribution in [1.29, 1.82) is 0 Å². The zero-order valence-electron chi connectivity index (χ0n) is 18.3. The fourth-order valence-corrected chi connectivity index (χ4v) is 3.75. The summed E-state index contributed by atoms with van der Waals surface area (Å²) < 4.78 is 20.4. The van der Waals surface area contributed by atoms with Crippen LogP contribution in [0.4, 0.5) is 5.69 Å². The van der Waals surface area contributed by atoms with Crippen molar-refractivity contribution in [2.45, 2.75) is 12.6 Å². The average molecular weight is 445 g/mol. The summed E-state index contributed by atoms with van der Waals surface area (Å²) in [5, 5.41) is 11.7. The molecule has 1 amide bonds. The van der Waals surface area contributed by atoms with Crippen molar-refractivity contribution in [1.82, 2.24) is 19.6 Å². The van der Waals surface area contributed by atoms with Crippen LogP contribution < -0.4 is 19.5 Å². The smallest absolute Gasteiger partial charge is 0.274 e. The third-order valence-electron chi connectivity index (χ3n) is 5.34. The normalized spacial score (nSPS) is 14.7. The predicted octanol–water partition coefficient (Wildman–Crippen LogP) is 3.38. The van der Waals surface area contributed by atoms with Crippen LogP contribution in [-0.2, 0) is 13.6 Å². The van der Waals surface area contributed by atoms with Gasteiger partial charge in [-0.3, -0.25) is 14.2 Å². The summed E-state index contributed by atoms with van der Waals surface area (Å²) in [5.74, 6) is 1.87. The first-order valence-electron chi connectivity index (χ1n) is 10.5. The molecule has 3 heterocycles. The molecule has 1 atom stereocenters. The Labute approximate surface area is 190 Å². The maximum atomic E-state index is 12.9. The number of methoxy groups -OCH3 is 1. The quantitative estimate of drug-likeness (QED) is 0.489. The topological polar surface area (TPSA) is 92.4 Å². The first-order valence-corrected chi connectivity index (χ1v) is 10.5. The van der Waals surface area contributed by atoms with Crippen molar-refractivity contribution in [3.63, 3.8) is 0 Å². The monoisotopic (exact) mass is 445 g/mol. The van der Waals surface area contributed by atoms with E-state index in [9.17, 15) is 4.79 Å². The lowest BCUT2D eigenvalue weighted by Crippen LogP contribution is -2.33. The average Bonchev–Trinajstić information content (AvgIpc) is 3.45. The lowest BCUT2D eigenvalue weighted by atomic mass is 10.1. The molecule has 33 heavy (non-hydrogen) atoms. The molecule has 5 rings (SSSR count). The largest absolute Gasteiger partial charge is 0.496 e. The van der Waals surface area contributed by atoms with Gasteiger partial charge in [-0.15, -0.1) is 0 Å². The van der Waals surface area contributed by atoms with Crippen LogP contribution >= 0.6 is 0 Å². The summed E-state index contributed by atoms with van der Waals surface area (Å²) in [6.07, 6.45) is 3.19. The highest BCUT2D eigenvalue weighted by Gasteiger charge is 2.22. The van der Waals surface area contributed by atoms with Gasteiger partial charge in [0.25, 0.3) is 5.91 Å². The van der Waals surface area contributed by atoms with Gasteiger partial charge in [0.15, 0.2) is 17.6 Å². The first-order chi connectivity index (χ1) is 16.1. The van der Waals surface area contributed by atoms with Crippen molar-refractivity contribution in [2.24, 2.45) is 7.05 Å². The van der Waals surface area contributed by atoms with Gasteiger partial charge in [0, 0.05) is 18.8 Å². The number of aromatic nitrogens is 4. The zero-order valence-corrected chi connectivity index (χ0v) is 18.3. The van der Waals surface area contributed by atoms with E-state index in [-0.39, 0.29) is 12.0 Å². The van der Waals surface area contributed by atoms with E-state index < -0.39 is 0 Å². The van der Waals surface area contributed by atoms with Crippen molar-refractivity contribution < 1.29 is 19.0 Å². The number of amides is 1. The molecule has 1 aliphatic rings. The highest BCUT2D eigenvalue weighted by molar-refractivity contribution is 6.03. The van der Waals surface area contributed by atoms with Crippen molar-refractivity contribution >= 4 is 11.6 Å². The lowest BCUT2D eigenvalue weighted by molar-refractivity contribution is 0.0759. The van der Waals surface area contributed by atoms with Gasteiger partial charge in [-0.1, -0.05) is 24.3 Å². The molecule has 0 bridgehead atoms. The SMILES string of the molecule is COc1ccccc1-c1cc(C(=O)Nc2cnn(C[C@@H]3COc4ccccc4O3)c2)n(C)n1. The van der Waals surface area contributed by atoms with Crippen molar-refractivity contribution in [3.05, 3.63) is 72.7 Å². The van der Waals surface area contributed by atoms with E-state index in [2.05, 4.69) is 15.5 Å². The van der Waals surface area contributed by atoms with Crippen LogP contribution in [0.5, 0.6) is 17.2 Å². The molecule has 2 aromatic carbocycles. The number of hydrogen-bond donors (Lipinski definition) is 1. The number of ether oxygens (including phenoxy) is 3. The fraction of sp³-hybridized carbons (Fsp3) is 0.208. The van der Waals surface area contributed by atoms with Gasteiger partial charge in [-0.2, -0.15) is 10.2 Å². The zero-order chi connectivity index (χ0) is 22.8. The number of para-hydroxylation sites is 3. The summed E-state index contributed by atoms with van der Waals surface area (Å²) in [6, 6.07) is 16.9. The number of nitrogens with one attached hydrogen (secondary N) is 1. The van der Waals surface area contributed by atoms with Crippen LogP contribution in [0, 0.1) is 0 Å². The van der Waals surface area contributed by atoms with E-state index in [1.54, 1.807) is 42.0 Å². The van der Waals surface area contributed by atoms with Gasteiger partial charge in [0.2, 0.25) is 0 Å². The summed E-state index contributed by atoms with van der Waals surface area (Å²) in [5.41, 5.74) is 2.48. The molecule has 9 heteroatoms. The van der Waals surface area contributed by atoms with Gasteiger partial charge < -0.3 is 19.5 Å². The minimum absolute atomic E-state index is 0.177. The molecule has 2 aromatic heterocycles. The van der Waals surface area contributed by atoms with Crippen molar-refractivity contribution in [3.8, 4) is 28.5 Å². The predicted molar refractivity (Wildman–Crippen MR) is 122 cm³/mol. The van der Waals surface area contributed by atoms with E-state index in [1.165, 1.54) is 0 Å². The van der Waals surface area contributed by atoms with Gasteiger partial charge in [0.05, 0.1) is 31.2 Å². The van der Waals surface area contributed by atoms with E-state index in [1.807, 2.05) is 48.5 Å². The maximum Gasteiger partial charge on any atom is 0.274 e. The summed E-state index contributed by atoms with van der Waals surface area (Å²) >= 11 is 0. The Morgan fingerprint density at radius 3 is 2.82 bits per heavy atom. The number of benzene rings is 2. The molecule has 4 aromatic rings. The van der Waals surface area contributed by atoms with Crippen molar-refractivity contribution in [2.75, 3.05) is 19.0 Å². The molecule has 1 aliphatic heterocycles. The Bertz CT molecular complexity index is 1300. The molecule has 9 nitrogen and oxygen atoms in total. The molecule has 0 fully saturated rings. The number of fused-ring (bicyclic) bond motifs is 1. The second-order valence-corrected chi connectivity index (χ2v) is 7.64. The molecule has 0 spiro atoms. The molecule has 0 aliphatic carbocycles. The molecule has 1 N–H and O–H groups in total. The maximum absolute atomic E-state index is 12.9. The standard InChI is InChI=1S/C24H23N5O4/c1-28-20(11-19(27-28)18-7-3-4-8-21(18)31-2)24(30)26-16-12-25-29(13-16)14-17-15-32-22-9-5-6-10-23(22)33-17/h3-13,17H,14-15H2,1-2H3,(H,26,30)/t17-/m1/s1. The van der Waals surface area contributed by atoms with Crippen LogP contribution in [0.2, 0.25) is 0 Å². The van der Waals surface area contributed by atoms with Crippen LogP contribution in [0.1, 0.15) is 10.5 Å². The molecule has 0 saturated heterocycles. The van der Waals surface area contributed by atoms with Crippen LogP contribution in [0.3, 0.4) is 0 Å². The van der Waals surface area contributed by atoms with Gasteiger partial charge in [-0.25, -0.2) is 0 Å². The fourth-order valence-electron chi connectivity index (χ4n) is 3.75. The number of nitrogens with zero attached hydrogens (tertiary/aromatic N) is 4. The second-order valence-electron chi connectivity index (χ2n) is 7.64. The number of carbonyl (C=O) groups excluding carboxylic acids is 1. The lowest BCUT2D eigenvalue weighted by Gasteiger charge is -2.26. The second kappa shape index (κ2) is 8.70. The number of carbonyl (C=O) groups is 1. The number of hydrogen-bond acceptors (Lipinski definition) is 6. The molecule has 0 unspecified atom stereocenters. The Kier molecular flexibility index (Phi) is 5.43. The molecular formula is C24H23N5O4. The summed E-state index contributed by atoms with van der Waals surface area (Å²) in [4.78, 5) is 12.9. The highest BCUT2D eigenvalue weighted by atomic mass is 16.6. The van der Waals surface area contributed by atoms with E-state index in [4.69, 9.17) is 14.2 Å². The van der Waals surface area contributed by atoms with Crippen LogP contribution in [-0.4, -0.2) is 45.3 Å². The number of rotatable bonds is 6. The van der Waals surface area contributed by atoms with Gasteiger partial charge in [0.1, 0.15) is 18.1 Å². The third-order valence-corrected chi connectivity index (χ3v) is 5.34. The Morgan fingerprint density at radius 1 is 1.18 bits per heavy atom. The van der Waals surface area contributed by atoms with Gasteiger partial charge >= 0.3 is 0 Å². The Morgan fingerprint density at radius 2 is 1.97 bits per heavy atom. The minimum atomic E-state index is -0.281. The summed E-state index contributed by atoms with van der Waals surface area (Å²) in [7, 11) is 3.34. The molecule has 0 radical (unpaired) electrons. The number of anilines is 1. The van der Waals surface area contributed by atoms with Gasteiger partial charge in [-0.05, 0) is 30.3 Å². The summed E-state index contributed by atoms with van der Waals surface area (Å²) in [6.45, 7) is 0.924. The Balaban J connectivity index is 1.26. The minimum Gasteiger partial charge on any atom is -0.496 e. The van der Waals surface area contributed by atoms with E-state index >= 15 is 0 Å². The first kappa shape index (κ1) is 20.6.